The summed E-state index contributed by atoms with van der Waals surface area (Å²) in [4.78, 5) is 23.0. The summed E-state index contributed by atoms with van der Waals surface area (Å²) in [5.41, 5.74) is 5.12. The summed E-state index contributed by atoms with van der Waals surface area (Å²) >= 11 is 0. The van der Waals surface area contributed by atoms with Crippen LogP contribution in [-0.2, 0) is 4.74 Å². The lowest BCUT2D eigenvalue weighted by atomic mass is 9.98. The van der Waals surface area contributed by atoms with E-state index in [0.29, 0.717) is 24.3 Å². The second kappa shape index (κ2) is 9.99. The molecule has 0 bridgehead atoms. The van der Waals surface area contributed by atoms with E-state index in [1.807, 2.05) is 24.3 Å². The van der Waals surface area contributed by atoms with E-state index in [4.69, 9.17) is 9.47 Å². The number of rotatable bonds is 8. The number of benzene rings is 3. The second-order valence-electron chi connectivity index (χ2n) is 7.63. The number of ether oxygens (including phenoxy) is 2. The van der Waals surface area contributed by atoms with Crippen molar-refractivity contribution in [2.75, 3.05) is 20.3 Å². The molecule has 7 nitrogen and oxygen atoms in total. The number of fused-ring (bicyclic) bond motifs is 3. The van der Waals surface area contributed by atoms with Crippen LogP contribution in [0.25, 0.3) is 17.2 Å². The topological polar surface area (TPSA) is 90.7 Å². The number of nitro benzene ring substituents is 1. The predicted molar refractivity (Wildman–Crippen MR) is 126 cm³/mol. The first-order valence-corrected chi connectivity index (χ1v) is 10.7. The third-order valence-electron chi connectivity index (χ3n) is 5.65. The average molecular weight is 444 g/mol. The number of methoxy groups -OCH3 is 1. The molecule has 0 saturated heterocycles. The molecule has 0 fully saturated rings. The number of nitrogens with zero attached hydrogens (tertiary/aromatic N) is 1. The van der Waals surface area contributed by atoms with Gasteiger partial charge in [-0.2, -0.15) is 0 Å². The Kier molecular flexibility index (Phi) is 6.69. The lowest BCUT2D eigenvalue weighted by molar-refractivity contribution is -0.385. The molecule has 0 aliphatic heterocycles. The smallest absolute Gasteiger partial charge is 0.407 e. The monoisotopic (exact) mass is 444 g/mol. The van der Waals surface area contributed by atoms with Crippen LogP contribution in [0.4, 0.5) is 10.5 Å². The van der Waals surface area contributed by atoms with Crippen molar-refractivity contribution in [1.82, 2.24) is 5.32 Å². The zero-order valence-electron chi connectivity index (χ0n) is 18.2. The van der Waals surface area contributed by atoms with E-state index in [1.54, 1.807) is 24.3 Å². The zero-order chi connectivity index (χ0) is 23.2. The fourth-order valence-corrected chi connectivity index (χ4v) is 4.08. The number of alkyl carbamates (subject to hydrolysis) is 1. The van der Waals surface area contributed by atoms with Crippen molar-refractivity contribution in [3.05, 3.63) is 99.6 Å². The molecule has 168 valence electrons. The number of amides is 1. The quantitative estimate of drug-likeness (QED) is 0.280. The van der Waals surface area contributed by atoms with E-state index in [-0.39, 0.29) is 18.2 Å². The SMILES string of the molecule is COc1ccc([N+](=O)[O-])c(C=CCCNC(=O)OCC2c3ccccc3-c3ccccc32)c1. The van der Waals surface area contributed by atoms with Crippen LogP contribution in [0.2, 0.25) is 0 Å². The standard InChI is InChI=1S/C26H24N2O5/c1-32-19-13-14-25(28(30)31)18(16-19)8-6-7-15-27-26(29)33-17-24-22-11-4-2-9-20(22)21-10-3-5-12-23(21)24/h2-6,8-14,16,24H,7,15,17H2,1H3,(H,27,29). The Morgan fingerprint density at radius 3 is 2.36 bits per heavy atom. The third-order valence-corrected chi connectivity index (χ3v) is 5.65. The van der Waals surface area contributed by atoms with Crippen molar-refractivity contribution in [3.63, 3.8) is 0 Å². The van der Waals surface area contributed by atoms with Crippen molar-refractivity contribution in [3.8, 4) is 16.9 Å². The van der Waals surface area contributed by atoms with Crippen LogP contribution in [0.15, 0.2) is 72.8 Å². The van der Waals surface area contributed by atoms with Gasteiger partial charge in [-0.25, -0.2) is 4.79 Å². The van der Waals surface area contributed by atoms with Crippen LogP contribution in [0.3, 0.4) is 0 Å². The molecule has 7 heteroatoms. The van der Waals surface area contributed by atoms with Gasteiger partial charge in [0.15, 0.2) is 0 Å². The number of nitro groups is 1. The van der Waals surface area contributed by atoms with Gasteiger partial charge in [0, 0.05) is 18.5 Å². The second-order valence-corrected chi connectivity index (χ2v) is 7.63. The Morgan fingerprint density at radius 2 is 1.73 bits per heavy atom. The summed E-state index contributed by atoms with van der Waals surface area (Å²) in [6.45, 7) is 0.608. The Hall–Kier alpha value is -4.13. The fraction of sp³-hybridized carbons (Fsp3) is 0.192. The minimum atomic E-state index is -0.488. The zero-order valence-corrected chi connectivity index (χ0v) is 18.2. The lowest BCUT2D eigenvalue weighted by Crippen LogP contribution is -2.26. The minimum Gasteiger partial charge on any atom is -0.497 e. The summed E-state index contributed by atoms with van der Waals surface area (Å²) in [6.07, 6.45) is 3.43. The minimum absolute atomic E-state index is 0.00320. The molecule has 0 aromatic heterocycles. The maximum Gasteiger partial charge on any atom is 0.407 e. The molecular weight excluding hydrogens is 420 g/mol. The molecule has 1 amide bonds. The molecule has 3 aromatic carbocycles. The molecule has 4 rings (SSSR count). The van der Waals surface area contributed by atoms with Crippen LogP contribution >= 0.6 is 0 Å². The molecule has 0 atom stereocenters. The first-order valence-electron chi connectivity index (χ1n) is 10.7. The molecule has 1 aliphatic carbocycles. The number of hydrogen-bond donors (Lipinski definition) is 1. The van der Waals surface area contributed by atoms with Gasteiger partial charge in [-0.3, -0.25) is 10.1 Å². The Balaban J connectivity index is 1.30. The molecule has 0 unspecified atom stereocenters. The maximum absolute atomic E-state index is 12.2. The van der Waals surface area contributed by atoms with Gasteiger partial charge in [-0.1, -0.05) is 60.7 Å². The summed E-state index contributed by atoms with van der Waals surface area (Å²) in [7, 11) is 1.51. The van der Waals surface area contributed by atoms with Crippen molar-refractivity contribution in [2.24, 2.45) is 0 Å². The number of hydrogen-bond acceptors (Lipinski definition) is 5. The van der Waals surface area contributed by atoms with Gasteiger partial charge in [-0.15, -0.1) is 0 Å². The van der Waals surface area contributed by atoms with E-state index in [2.05, 4.69) is 29.6 Å². The molecule has 0 heterocycles. The van der Waals surface area contributed by atoms with Crippen molar-refractivity contribution in [1.29, 1.82) is 0 Å². The van der Waals surface area contributed by atoms with Crippen molar-refractivity contribution in [2.45, 2.75) is 12.3 Å². The molecule has 1 N–H and O–H groups in total. The van der Waals surface area contributed by atoms with E-state index in [9.17, 15) is 14.9 Å². The normalized spacial score (nSPS) is 12.3. The third kappa shape index (κ3) is 4.87. The summed E-state index contributed by atoms with van der Waals surface area (Å²) in [5.74, 6) is 0.550. The molecule has 0 saturated carbocycles. The highest BCUT2D eigenvalue weighted by Gasteiger charge is 2.28. The van der Waals surface area contributed by atoms with Crippen molar-refractivity contribution < 1.29 is 19.2 Å². The highest BCUT2D eigenvalue weighted by atomic mass is 16.6. The fourth-order valence-electron chi connectivity index (χ4n) is 4.08. The largest absolute Gasteiger partial charge is 0.497 e. The molecule has 3 aromatic rings. The highest BCUT2D eigenvalue weighted by molar-refractivity contribution is 5.79. The van der Waals surface area contributed by atoms with Crippen LogP contribution in [0, 0.1) is 10.1 Å². The molecule has 0 radical (unpaired) electrons. The van der Waals surface area contributed by atoms with Crippen LogP contribution < -0.4 is 10.1 Å². The summed E-state index contributed by atoms with van der Waals surface area (Å²) < 4.78 is 10.6. The van der Waals surface area contributed by atoms with Crippen LogP contribution in [-0.4, -0.2) is 31.3 Å². The molecule has 33 heavy (non-hydrogen) atoms. The summed E-state index contributed by atoms with van der Waals surface area (Å²) in [5, 5.41) is 13.9. The van der Waals surface area contributed by atoms with Gasteiger partial charge in [-0.05, 0) is 40.8 Å². The van der Waals surface area contributed by atoms with E-state index in [1.165, 1.54) is 24.3 Å². The first kappa shape index (κ1) is 22.1. The van der Waals surface area contributed by atoms with E-state index >= 15 is 0 Å². The Labute approximate surface area is 191 Å². The molecular formula is C26H24N2O5. The predicted octanol–water partition coefficient (Wildman–Crippen LogP) is 5.55. The number of carbonyl (C=O) groups excluding carboxylic acids is 1. The van der Waals surface area contributed by atoms with Gasteiger partial charge in [0.1, 0.15) is 12.4 Å². The Bertz CT molecular complexity index is 1160. The van der Waals surface area contributed by atoms with Gasteiger partial charge >= 0.3 is 6.09 Å². The van der Waals surface area contributed by atoms with E-state index < -0.39 is 11.0 Å². The lowest BCUT2D eigenvalue weighted by Gasteiger charge is -2.14. The van der Waals surface area contributed by atoms with Crippen LogP contribution in [0.1, 0.15) is 29.0 Å². The van der Waals surface area contributed by atoms with Gasteiger partial charge in [0.05, 0.1) is 17.6 Å². The van der Waals surface area contributed by atoms with Gasteiger partial charge in [0.2, 0.25) is 0 Å². The van der Waals surface area contributed by atoms with Gasteiger partial charge < -0.3 is 14.8 Å². The summed E-state index contributed by atoms with van der Waals surface area (Å²) in [6, 6.07) is 20.9. The van der Waals surface area contributed by atoms with Crippen LogP contribution in [0.5, 0.6) is 5.75 Å². The molecule has 1 aliphatic rings. The van der Waals surface area contributed by atoms with Crippen molar-refractivity contribution >= 4 is 17.9 Å². The number of nitrogens with one attached hydrogen (secondary N) is 1. The average Bonchev–Trinajstić information content (AvgIpc) is 3.16. The maximum atomic E-state index is 12.2. The Morgan fingerprint density at radius 1 is 1.06 bits per heavy atom. The highest BCUT2D eigenvalue weighted by Crippen LogP contribution is 2.44. The first-order chi connectivity index (χ1) is 16.1. The molecule has 0 spiro atoms. The van der Waals surface area contributed by atoms with E-state index in [0.717, 1.165) is 11.1 Å². The van der Waals surface area contributed by atoms with Gasteiger partial charge in [0.25, 0.3) is 5.69 Å². The number of carbonyl (C=O) groups is 1.